The van der Waals surface area contributed by atoms with Gasteiger partial charge in [0.1, 0.15) is 6.61 Å². The predicted octanol–water partition coefficient (Wildman–Crippen LogP) is 4.23. The third-order valence-electron chi connectivity index (χ3n) is 3.53. The van der Waals surface area contributed by atoms with Crippen molar-refractivity contribution in [2.24, 2.45) is 0 Å². The van der Waals surface area contributed by atoms with Crippen molar-refractivity contribution in [1.82, 2.24) is 9.55 Å². The Morgan fingerprint density at radius 3 is 2.75 bits per heavy atom. The van der Waals surface area contributed by atoms with Crippen LogP contribution in [0, 0.1) is 17.0 Å². The van der Waals surface area contributed by atoms with Gasteiger partial charge in [-0.2, -0.15) is 8.78 Å². The molecule has 0 N–H and O–H groups in total. The maximum Gasteiger partial charge on any atom is 0.320 e. The van der Waals surface area contributed by atoms with Crippen LogP contribution in [0.3, 0.4) is 0 Å². The summed E-state index contributed by atoms with van der Waals surface area (Å²) in [5.41, 5.74) is 1.18. The lowest BCUT2D eigenvalue weighted by molar-refractivity contribution is -0.386. The molecule has 0 bridgehead atoms. The molecule has 6 nitrogen and oxygen atoms in total. The number of imidazole rings is 1. The average Bonchev–Trinajstić information content (AvgIpc) is 2.92. The number of aromatic nitrogens is 2. The number of rotatable bonds is 5. The van der Waals surface area contributed by atoms with Crippen LogP contribution >= 0.6 is 0 Å². The number of nitro groups is 1. The van der Waals surface area contributed by atoms with Crippen LogP contribution in [0.15, 0.2) is 42.5 Å². The molecule has 1 aromatic heterocycles. The molecule has 2 aromatic carbocycles. The van der Waals surface area contributed by atoms with Gasteiger partial charge in [-0.25, -0.2) is 4.98 Å². The van der Waals surface area contributed by atoms with Gasteiger partial charge in [0, 0.05) is 6.07 Å². The van der Waals surface area contributed by atoms with Gasteiger partial charge in [0.2, 0.25) is 0 Å². The van der Waals surface area contributed by atoms with E-state index in [1.165, 1.54) is 18.2 Å². The SMILES string of the molecule is Cc1ccc(OCc2nc3ccccc3n2C(F)F)c([N+](=O)[O-])c1. The largest absolute Gasteiger partial charge is 0.479 e. The van der Waals surface area contributed by atoms with Crippen LogP contribution in [-0.4, -0.2) is 14.5 Å². The normalized spacial score (nSPS) is 11.2. The van der Waals surface area contributed by atoms with Gasteiger partial charge < -0.3 is 4.74 Å². The fourth-order valence-corrected chi connectivity index (χ4v) is 2.45. The zero-order chi connectivity index (χ0) is 17.3. The molecule has 0 amide bonds. The Morgan fingerprint density at radius 2 is 2.04 bits per heavy atom. The second-order valence-corrected chi connectivity index (χ2v) is 5.18. The fraction of sp³-hybridized carbons (Fsp3) is 0.188. The molecule has 0 aliphatic rings. The molecule has 0 aliphatic heterocycles. The molecule has 0 saturated carbocycles. The summed E-state index contributed by atoms with van der Waals surface area (Å²) in [7, 11) is 0. The second kappa shape index (κ2) is 6.23. The van der Waals surface area contributed by atoms with E-state index in [9.17, 15) is 18.9 Å². The highest BCUT2D eigenvalue weighted by Gasteiger charge is 2.20. The number of benzene rings is 2. The first-order valence-corrected chi connectivity index (χ1v) is 7.09. The summed E-state index contributed by atoms with van der Waals surface area (Å²) in [6.07, 6.45) is 0. The lowest BCUT2D eigenvalue weighted by atomic mass is 10.2. The number of para-hydroxylation sites is 2. The zero-order valence-electron chi connectivity index (χ0n) is 12.6. The first-order chi connectivity index (χ1) is 11.5. The Labute approximate surface area is 135 Å². The maximum atomic E-state index is 13.3. The summed E-state index contributed by atoms with van der Waals surface area (Å²) >= 11 is 0. The van der Waals surface area contributed by atoms with E-state index in [1.54, 1.807) is 31.2 Å². The highest BCUT2D eigenvalue weighted by molar-refractivity contribution is 5.75. The lowest BCUT2D eigenvalue weighted by Crippen LogP contribution is -2.08. The maximum absolute atomic E-state index is 13.3. The number of nitro benzene ring substituents is 1. The van der Waals surface area contributed by atoms with Gasteiger partial charge in [-0.05, 0) is 30.7 Å². The Morgan fingerprint density at radius 1 is 1.29 bits per heavy atom. The highest BCUT2D eigenvalue weighted by Crippen LogP contribution is 2.29. The van der Waals surface area contributed by atoms with Crippen LogP contribution in [0.4, 0.5) is 14.5 Å². The summed E-state index contributed by atoms with van der Waals surface area (Å²) in [5, 5.41) is 11.1. The van der Waals surface area contributed by atoms with E-state index in [2.05, 4.69) is 4.98 Å². The molecule has 0 aliphatic carbocycles. The highest BCUT2D eigenvalue weighted by atomic mass is 19.3. The quantitative estimate of drug-likeness (QED) is 0.517. The van der Waals surface area contributed by atoms with Crippen molar-refractivity contribution >= 4 is 16.7 Å². The van der Waals surface area contributed by atoms with Crippen molar-refractivity contribution in [3.8, 4) is 5.75 Å². The summed E-state index contributed by atoms with van der Waals surface area (Å²) in [5.74, 6) is 0.0135. The average molecular weight is 333 g/mol. The van der Waals surface area contributed by atoms with E-state index in [0.717, 1.165) is 4.57 Å². The molecule has 0 spiro atoms. The number of ether oxygens (including phenoxy) is 1. The summed E-state index contributed by atoms with van der Waals surface area (Å²) < 4.78 is 32.8. The van der Waals surface area contributed by atoms with Crippen molar-refractivity contribution in [3.63, 3.8) is 0 Å². The van der Waals surface area contributed by atoms with Gasteiger partial charge in [0.05, 0.1) is 16.0 Å². The van der Waals surface area contributed by atoms with E-state index in [4.69, 9.17) is 4.74 Å². The van der Waals surface area contributed by atoms with Gasteiger partial charge in [-0.1, -0.05) is 18.2 Å². The number of fused-ring (bicyclic) bond motifs is 1. The van der Waals surface area contributed by atoms with Crippen LogP contribution < -0.4 is 4.74 Å². The summed E-state index contributed by atoms with van der Waals surface area (Å²) in [6, 6.07) is 10.9. The number of hydrogen-bond donors (Lipinski definition) is 0. The smallest absolute Gasteiger partial charge is 0.320 e. The molecule has 3 aromatic rings. The number of hydrogen-bond acceptors (Lipinski definition) is 4. The van der Waals surface area contributed by atoms with Crippen LogP contribution in [0.1, 0.15) is 17.9 Å². The predicted molar refractivity (Wildman–Crippen MR) is 83.2 cm³/mol. The Hall–Kier alpha value is -3.03. The van der Waals surface area contributed by atoms with Crippen molar-refractivity contribution in [3.05, 3.63) is 64.0 Å². The topological polar surface area (TPSA) is 70.2 Å². The Bertz CT molecular complexity index is 909. The molecule has 0 atom stereocenters. The molecule has 24 heavy (non-hydrogen) atoms. The fourth-order valence-electron chi connectivity index (χ4n) is 2.45. The standard InChI is InChI=1S/C16H13F2N3O3/c1-10-6-7-14(13(8-10)21(22)23)24-9-15-19-11-4-2-3-5-12(11)20(15)16(17)18/h2-8,16H,9H2,1H3. The minimum atomic E-state index is -2.79. The third kappa shape index (κ3) is 2.90. The van der Waals surface area contributed by atoms with Gasteiger partial charge in [-0.15, -0.1) is 0 Å². The van der Waals surface area contributed by atoms with E-state index < -0.39 is 11.5 Å². The molecule has 0 unspecified atom stereocenters. The monoisotopic (exact) mass is 333 g/mol. The lowest BCUT2D eigenvalue weighted by Gasteiger charge is -2.10. The zero-order valence-corrected chi connectivity index (χ0v) is 12.6. The molecular weight excluding hydrogens is 320 g/mol. The van der Waals surface area contributed by atoms with Gasteiger partial charge in [0.15, 0.2) is 11.6 Å². The summed E-state index contributed by atoms with van der Waals surface area (Å²) in [6.45, 7) is -1.38. The van der Waals surface area contributed by atoms with Crippen LogP contribution in [0.5, 0.6) is 5.75 Å². The number of halogens is 2. The van der Waals surface area contributed by atoms with Crippen LogP contribution in [0.25, 0.3) is 11.0 Å². The van der Waals surface area contributed by atoms with Crippen LogP contribution in [-0.2, 0) is 6.61 Å². The second-order valence-electron chi connectivity index (χ2n) is 5.18. The Balaban J connectivity index is 1.94. The Kier molecular flexibility index (Phi) is 4.11. The van der Waals surface area contributed by atoms with E-state index in [0.29, 0.717) is 11.1 Å². The first-order valence-electron chi connectivity index (χ1n) is 7.09. The number of aryl methyl sites for hydroxylation is 1. The molecular formula is C16H13F2N3O3. The van der Waals surface area contributed by atoms with Crippen molar-refractivity contribution in [1.29, 1.82) is 0 Å². The minimum Gasteiger partial charge on any atom is -0.479 e. The van der Waals surface area contributed by atoms with E-state index in [1.807, 2.05) is 0 Å². The molecule has 0 radical (unpaired) electrons. The van der Waals surface area contributed by atoms with E-state index in [-0.39, 0.29) is 29.4 Å². The van der Waals surface area contributed by atoms with Crippen molar-refractivity contribution in [2.75, 3.05) is 0 Å². The molecule has 1 heterocycles. The minimum absolute atomic E-state index is 0.000993. The molecule has 0 saturated heterocycles. The van der Waals surface area contributed by atoms with Gasteiger partial charge in [-0.3, -0.25) is 14.7 Å². The van der Waals surface area contributed by atoms with Crippen molar-refractivity contribution in [2.45, 2.75) is 20.1 Å². The first kappa shape index (κ1) is 15.9. The molecule has 3 rings (SSSR count). The molecule has 0 fully saturated rings. The third-order valence-corrected chi connectivity index (χ3v) is 3.53. The number of nitrogens with zero attached hydrogens (tertiary/aromatic N) is 3. The van der Waals surface area contributed by atoms with Gasteiger partial charge >= 0.3 is 12.2 Å². The van der Waals surface area contributed by atoms with Crippen molar-refractivity contribution < 1.29 is 18.4 Å². The number of alkyl halides is 2. The van der Waals surface area contributed by atoms with Gasteiger partial charge in [0.25, 0.3) is 0 Å². The van der Waals surface area contributed by atoms with Crippen LogP contribution in [0.2, 0.25) is 0 Å². The molecule has 8 heteroatoms. The molecule has 124 valence electrons. The summed E-state index contributed by atoms with van der Waals surface area (Å²) in [4.78, 5) is 14.6. The van der Waals surface area contributed by atoms with E-state index >= 15 is 0 Å².